The Kier molecular flexibility index (Phi) is 5.04. The smallest absolute Gasteiger partial charge is 0.320 e. The number of ether oxygens (including phenoxy) is 1. The van der Waals surface area contributed by atoms with Crippen molar-refractivity contribution in [3.63, 3.8) is 0 Å². The molecule has 1 atom stereocenters. The number of sulfone groups is 1. The van der Waals surface area contributed by atoms with Crippen molar-refractivity contribution < 1.29 is 31.5 Å². The molecule has 1 saturated heterocycles. The van der Waals surface area contributed by atoms with Crippen molar-refractivity contribution in [1.29, 1.82) is 0 Å². The van der Waals surface area contributed by atoms with E-state index in [1.807, 2.05) is 4.90 Å². The Balaban J connectivity index is 1.99. The molecule has 0 amide bonds. The molecule has 0 aromatic heterocycles. The highest BCUT2D eigenvalue weighted by atomic mass is 32.3. The normalized spacial score (nSPS) is 29.3. The molecule has 3 rings (SSSR count). The van der Waals surface area contributed by atoms with Crippen LogP contribution in [0.3, 0.4) is 0 Å². The number of primary sulfonamides is 1. The van der Waals surface area contributed by atoms with E-state index in [1.54, 1.807) is 0 Å². The maximum Gasteiger partial charge on any atom is 0.320 e. The lowest BCUT2D eigenvalue weighted by Gasteiger charge is -2.27. The van der Waals surface area contributed by atoms with Gasteiger partial charge in [-0.25, -0.2) is 22.0 Å². The summed E-state index contributed by atoms with van der Waals surface area (Å²) in [4.78, 5) is 13.6. The molecule has 3 heterocycles. The Labute approximate surface area is 156 Å². The van der Waals surface area contributed by atoms with Crippen molar-refractivity contribution in [3.8, 4) is 0 Å². The molecule has 26 heavy (non-hydrogen) atoms. The highest BCUT2D eigenvalue weighted by Crippen LogP contribution is 2.57. The number of carboxylic acids is 1. The number of sulfonamides is 1. The Morgan fingerprint density at radius 3 is 2.54 bits per heavy atom. The maximum absolute atomic E-state index is 12.8. The number of allylic oxidation sites excluding steroid dienone is 1. The number of morpholine rings is 1. The minimum Gasteiger partial charge on any atom is -0.480 e. The van der Waals surface area contributed by atoms with Gasteiger partial charge in [0.1, 0.15) is 8.98 Å². The average Bonchev–Trinajstić information content (AvgIpc) is 2.99. The third-order valence-electron chi connectivity index (χ3n) is 4.67. The lowest BCUT2D eigenvalue weighted by atomic mass is 9.95. The van der Waals surface area contributed by atoms with E-state index in [4.69, 9.17) is 9.88 Å². The van der Waals surface area contributed by atoms with Crippen LogP contribution in [0.15, 0.2) is 19.6 Å². The van der Waals surface area contributed by atoms with E-state index in [0.717, 1.165) is 0 Å². The molecule has 0 aromatic carbocycles. The molecular weight excluding hydrogens is 404 g/mol. The molecule has 1 fully saturated rings. The van der Waals surface area contributed by atoms with E-state index in [0.29, 0.717) is 44.6 Å². The summed E-state index contributed by atoms with van der Waals surface area (Å²) in [6.07, 6.45) is 0.110. The quantitative estimate of drug-likeness (QED) is 0.614. The van der Waals surface area contributed by atoms with E-state index >= 15 is 0 Å². The molecule has 0 bridgehead atoms. The van der Waals surface area contributed by atoms with Gasteiger partial charge < -0.3 is 9.84 Å². The highest BCUT2D eigenvalue weighted by Gasteiger charge is 2.54. The molecule has 146 valence electrons. The summed E-state index contributed by atoms with van der Waals surface area (Å²) in [6, 6.07) is 0. The fourth-order valence-electron chi connectivity index (χ4n) is 3.32. The van der Waals surface area contributed by atoms with Crippen LogP contribution in [-0.2, 0) is 29.4 Å². The van der Waals surface area contributed by atoms with Gasteiger partial charge in [0.15, 0.2) is 4.24 Å². The third kappa shape index (κ3) is 3.34. The van der Waals surface area contributed by atoms with Crippen molar-refractivity contribution >= 4 is 37.6 Å². The Morgan fingerprint density at radius 2 is 2.00 bits per heavy atom. The Hall–Kier alpha value is -0.920. The monoisotopic (exact) mass is 424 g/mol. The summed E-state index contributed by atoms with van der Waals surface area (Å²) in [6.45, 7) is 4.32. The van der Waals surface area contributed by atoms with Crippen molar-refractivity contribution in [3.05, 3.63) is 19.6 Å². The molecule has 3 aliphatic heterocycles. The first kappa shape index (κ1) is 19.8. The molecule has 3 aliphatic rings. The number of hydrogen-bond acceptors (Lipinski definition) is 8. The second-order valence-corrected chi connectivity index (χ2v) is 12.0. The van der Waals surface area contributed by atoms with Crippen molar-refractivity contribution in [2.24, 2.45) is 5.14 Å². The summed E-state index contributed by atoms with van der Waals surface area (Å²) < 4.78 is 52.5. The molecule has 0 aromatic rings. The summed E-state index contributed by atoms with van der Waals surface area (Å²) >= 11 is 0.681. The zero-order valence-electron chi connectivity index (χ0n) is 14.1. The molecule has 9 nitrogen and oxygen atoms in total. The van der Waals surface area contributed by atoms with Crippen LogP contribution in [0, 0.1) is 0 Å². The van der Waals surface area contributed by atoms with Crippen LogP contribution >= 0.6 is 11.8 Å². The van der Waals surface area contributed by atoms with Gasteiger partial charge in [-0.3, -0.25) is 9.69 Å². The summed E-state index contributed by atoms with van der Waals surface area (Å²) in [5.74, 6) is -1.14. The first-order valence-corrected chi connectivity index (χ1v) is 11.8. The lowest BCUT2D eigenvalue weighted by Crippen LogP contribution is -2.37. The average molecular weight is 425 g/mol. The molecule has 1 unspecified atom stereocenters. The van der Waals surface area contributed by atoms with Gasteiger partial charge in [0.05, 0.1) is 13.2 Å². The second kappa shape index (κ2) is 6.60. The van der Waals surface area contributed by atoms with Crippen LogP contribution in [0.25, 0.3) is 0 Å². The fourth-order valence-corrected chi connectivity index (χ4v) is 9.03. The molecular formula is C14H20N2O7S3. The molecule has 0 radical (unpaired) electrons. The van der Waals surface area contributed by atoms with Crippen molar-refractivity contribution in [2.45, 2.75) is 24.5 Å². The van der Waals surface area contributed by atoms with E-state index in [9.17, 15) is 26.7 Å². The Bertz CT molecular complexity index is 914. The van der Waals surface area contributed by atoms with Gasteiger partial charge in [-0.05, 0) is 30.9 Å². The van der Waals surface area contributed by atoms with Gasteiger partial charge in [0.2, 0.25) is 19.9 Å². The van der Waals surface area contributed by atoms with Crippen LogP contribution in [0.1, 0.15) is 19.8 Å². The number of hydrogen-bond donors (Lipinski definition) is 2. The molecule has 0 aliphatic carbocycles. The van der Waals surface area contributed by atoms with Gasteiger partial charge in [0, 0.05) is 19.6 Å². The zero-order chi connectivity index (χ0) is 19.3. The summed E-state index contributed by atoms with van der Waals surface area (Å²) in [5, 5.41) is 14.6. The SMILES string of the molecule is CC1(C(=O)O)CC2=C(S1)S(=O)(=O)C(S(N)(=O)=O)=C2CCN1CCOCC1. The van der Waals surface area contributed by atoms with E-state index in [-0.39, 0.29) is 28.2 Å². The second-order valence-electron chi connectivity index (χ2n) is 6.60. The summed E-state index contributed by atoms with van der Waals surface area (Å²) in [5.41, 5.74) is 0.406. The molecule has 0 saturated carbocycles. The van der Waals surface area contributed by atoms with Gasteiger partial charge in [-0.2, -0.15) is 0 Å². The fraction of sp³-hybridized carbons (Fsp3) is 0.643. The molecule has 3 N–H and O–H groups in total. The van der Waals surface area contributed by atoms with Crippen LogP contribution < -0.4 is 5.14 Å². The van der Waals surface area contributed by atoms with Gasteiger partial charge in [-0.1, -0.05) is 11.8 Å². The van der Waals surface area contributed by atoms with E-state index < -0.39 is 34.8 Å². The number of nitrogens with zero attached hydrogens (tertiary/aromatic N) is 1. The number of aliphatic carboxylic acids is 1. The predicted molar refractivity (Wildman–Crippen MR) is 96.2 cm³/mol. The predicted octanol–water partition coefficient (Wildman–Crippen LogP) is -0.171. The standard InChI is InChI=1S/C14H20N2O7S3/c1-14(13(17)18)8-10-9(2-3-16-4-6-23-7-5-16)12(26(15,21)22)25(19,20)11(10)24-14/h2-8H2,1H3,(H,17,18)(H2,15,21,22). The topological polar surface area (TPSA) is 144 Å². The molecule has 12 heteroatoms. The highest BCUT2D eigenvalue weighted by molar-refractivity contribution is 8.26. The largest absolute Gasteiger partial charge is 0.480 e. The Morgan fingerprint density at radius 1 is 1.38 bits per heavy atom. The van der Waals surface area contributed by atoms with Crippen molar-refractivity contribution in [2.75, 3.05) is 32.8 Å². The van der Waals surface area contributed by atoms with Crippen LogP contribution in [0.5, 0.6) is 0 Å². The van der Waals surface area contributed by atoms with Gasteiger partial charge >= 0.3 is 5.97 Å². The van der Waals surface area contributed by atoms with Crippen LogP contribution in [0.2, 0.25) is 0 Å². The number of rotatable bonds is 5. The number of thioether (sulfide) groups is 1. The van der Waals surface area contributed by atoms with E-state index in [1.165, 1.54) is 6.92 Å². The number of nitrogens with two attached hydrogens (primary N) is 1. The van der Waals surface area contributed by atoms with Crippen molar-refractivity contribution in [1.82, 2.24) is 4.90 Å². The van der Waals surface area contributed by atoms with Crippen LogP contribution in [-0.4, -0.2) is 70.4 Å². The third-order valence-corrected chi connectivity index (χ3v) is 10.4. The minimum atomic E-state index is -4.47. The van der Waals surface area contributed by atoms with E-state index in [2.05, 4.69) is 0 Å². The first-order valence-electron chi connectivity index (χ1n) is 7.94. The minimum absolute atomic E-state index is 0.0565. The van der Waals surface area contributed by atoms with Gasteiger partial charge in [0.25, 0.3) is 0 Å². The lowest BCUT2D eigenvalue weighted by molar-refractivity contribution is -0.139. The zero-order valence-corrected chi connectivity index (χ0v) is 16.5. The summed E-state index contributed by atoms with van der Waals surface area (Å²) in [7, 11) is -8.79. The van der Waals surface area contributed by atoms with Crippen LogP contribution in [0.4, 0.5) is 0 Å². The number of carbonyl (C=O) groups is 1. The maximum atomic E-state index is 12.8. The number of carboxylic acid groups (broad SMARTS) is 1. The first-order chi connectivity index (χ1) is 12.0. The molecule has 0 spiro atoms. The van der Waals surface area contributed by atoms with Gasteiger partial charge in [-0.15, -0.1) is 0 Å².